The van der Waals surface area contributed by atoms with Crippen molar-refractivity contribution < 1.29 is 14.6 Å². The quantitative estimate of drug-likeness (QED) is 0.441. The second kappa shape index (κ2) is 11.9. The summed E-state index contributed by atoms with van der Waals surface area (Å²) in [6.07, 6.45) is 1.69. The number of hydrogen-bond acceptors (Lipinski definition) is 7. The highest BCUT2D eigenvalue weighted by molar-refractivity contribution is 7.07. The Morgan fingerprint density at radius 3 is 2.41 bits per heavy atom. The average Bonchev–Trinajstić information content (AvgIpc) is 3.24. The number of phenols is 1. The summed E-state index contributed by atoms with van der Waals surface area (Å²) < 4.78 is 7.67. The largest absolute Gasteiger partial charge is 0.507 e. The molecule has 1 aliphatic heterocycles. The molecule has 9 heteroatoms. The smallest absolute Gasteiger partial charge is 0.271 e. The maximum absolute atomic E-state index is 14.0. The summed E-state index contributed by atoms with van der Waals surface area (Å²) in [5, 5.41) is 10.8. The number of carbonyl (C=O) groups excluding carboxylic acids is 1. The van der Waals surface area contributed by atoms with Crippen LogP contribution < -0.4 is 24.5 Å². The highest BCUT2D eigenvalue weighted by Gasteiger charge is 2.35. The van der Waals surface area contributed by atoms with Crippen molar-refractivity contribution in [3.63, 3.8) is 0 Å². The van der Waals surface area contributed by atoms with Gasteiger partial charge in [0.15, 0.2) is 4.80 Å². The molecule has 1 aromatic heterocycles. The molecule has 39 heavy (non-hydrogen) atoms. The standard InChI is InChI=1S/C30H36N4O4S/c1-7-32(8-2)21-16-15-20(23(35)18-21)17-25-28(36)34-27(22-13-11-12-14-24(22)38-6)26(19(5)31-30(34)39-25)29(37)33(9-3)10-4/h11-18,27,35H,7-10H2,1-6H3/b25-17+/t27-/m1/s1. The number of aromatic nitrogens is 1. The van der Waals surface area contributed by atoms with Gasteiger partial charge in [-0.25, -0.2) is 4.99 Å². The Balaban J connectivity index is 1.93. The fourth-order valence-corrected chi connectivity index (χ4v) is 6.08. The molecule has 0 bridgehead atoms. The zero-order valence-electron chi connectivity index (χ0n) is 23.4. The number of carbonyl (C=O) groups is 1. The first-order valence-corrected chi connectivity index (χ1v) is 14.1. The van der Waals surface area contributed by atoms with Gasteiger partial charge < -0.3 is 19.6 Å². The molecule has 3 aromatic rings. The van der Waals surface area contributed by atoms with E-state index in [1.54, 1.807) is 28.7 Å². The molecule has 1 aliphatic rings. The van der Waals surface area contributed by atoms with Crippen molar-refractivity contribution in [2.75, 3.05) is 38.2 Å². The van der Waals surface area contributed by atoms with Crippen LogP contribution in [0, 0.1) is 0 Å². The lowest BCUT2D eigenvalue weighted by Gasteiger charge is -2.29. The number of benzene rings is 2. The van der Waals surface area contributed by atoms with E-state index in [1.807, 2.05) is 57.2 Å². The Morgan fingerprint density at radius 2 is 1.79 bits per heavy atom. The third kappa shape index (κ3) is 5.23. The third-order valence-electron chi connectivity index (χ3n) is 7.17. The number of amides is 1. The Bertz CT molecular complexity index is 1580. The summed E-state index contributed by atoms with van der Waals surface area (Å²) in [4.78, 5) is 36.8. The predicted molar refractivity (Wildman–Crippen MR) is 156 cm³/mol. The number of para-hydroxylation sites is 1. The van der Waals surface area contributed by atoms with Gasteiger partial charge in [0, 0.05) is 49.1 Å². The van der Waals surface area contributed by atoms with E-state index >= 15 is 0 Å². The lowest BCUT2D eigenvalue weighted by molar-refractivity contribution is -0.127. The van der Waals surface area contributed by atoms with E-state index in [2.05, 4.69) is 18.7 Å². The van der Waals surface area contributed by atoms with Crippen molar-refractivity contribution in [2.24, 2.45) is 4.99 Å². The van der Waals surface area contributed by atoms with E-state index in [9.17, 15) is 14.7 Å². The van der Waals surface area contributed by atoms with Crippen LogP contribution in [0.4, 0.5) is 5.69 Å². The van der Waals surface area contributed by atoms with Crippen molar-refractivity contribution in [1.29, 1.82) is 0 Å². The van der Waals surface area contributed by atoms with Gasteiger partial charge in [-0.2, -0.15) is 0 Å². The monoisotopic (exact) mass is 548 g/mol. The fraction of sp³-hybridized carbons (Fsp3) is 0.367. The molecule has 2 heterocycles. The molecule has 8 nitrogen and oxygen atoms in total. The molecule has 1 N–H and O–H groups in total. The minimum absolute atomic E-state index is 0.0973. The van der Waals surface area contributed by atoms with Crippen LogP contribution in [0.2, 0.25) is 0 Å². The lowest BCUT2D eigenvalue weighted by Crippen LogP contribution is -2.43. The van der Waals surface area contributed by atoms with Gasteiger partial charge in [0.25, 0.3) is 11.5 Å². The van der Waals surface area contributed by atoms with E-state index in [-0.39, 0.29) is 17.2 Å². The fourth-order valence-electron chi connectivity index (χ4n) is 5.04. The zero-order valence-corrected chi connectivity index (χ0v) is 24.2. The summed E-state index contributed by atoms with van der Waals surface area (Å²) in [6.45, 7) is 12.5. The van der Waals surface area contributed by atoms with Gasteiger partial charge in [0.1, 0.15) is 17.5 Å². The summed E-state index contributed by atoms with van der Waals surface area (Å²) in [7, 11) is 1.58. The van der Waals surface area contributed by atoms with Crippen molar-refractivity contribution in [2.45, 2.75) is 40.7 Å². The van der Waals surface area contributed by atoms with E-state index in [4.69, 9.17) is 9.73 Å². The lowest BCUT2D eigenvalue weighted by atomic mass is 9.94. The molecule has 0 unspecified atom stereocenters. The van der Waals surface area contributed by atoms with Crippen molar-refractivity contribution in [3.05, 3.63) is 84.5 Å². The number of anilines is 1. The zero-order chi connectivity index (χ0) is 28.3. The predicted octanol–water partition coefficient (Wildman–Crippen LogP) is 3.66. The molecule has 0 saturated heterocycles. The Hall–Kier alpha value is -3.85. The van der Waals surface area contributed by atoms with E-state index < -0.39 is 6.04 Å². The maximum atomic E-state index is 14.0. The second-order valence-corrected chi connectivity index (χ2v) is 10.2. The van der Waals surface area contributed by atoms with Crippen molar-refractivity contribution in [3.8, 4) is 11.5 Å². The van der Waals surface area contributed by atoms with Gasteiger partial charge in [0.05, 0.1) is 22.9 Å². The highest BCUT2D eigenvalue weighted by atomic mass is 32.1. The molecular formula is C30H36N4O4S. The molecule has 0 radical (unpaired) electrons. The Morgan fingerprint density at radius 1 is 1.10 bits per heavy atom. The number of rotatable bonds is 9. The third-order valence-corrected chi connectivity index (χ3v) is 8.15. The molecule has 206 valence electrons. The number of fused-ring (bicyclic) bond motifs is 1. The number of allylic oxidation sites excluding steroid dienone is 1. The van der Waals surface area contributed by atoms with Crippen molar-refractivity contribution in [1.82, 2.24) is 9.47 Å². The number of aromatic hydroxyl groups is 1. The summed E-state index contributed by atoms with van der Waals surface area (Å²) in [5.41, 5.74) is 2.92. The number of thiazole rings is 1. The number of nitrogens with zero attached hydrogens (tertiary/aromatic N) is 4. The number of likely N-dealkylation sites (N-methyl/N-ethyl adjacent to an activating group) is 1. The summed E-state index contributed by atoms with van der Waals surface area (Å²) in [5.74, 6) is 0.525. The molecule has 4 rings (SSSR count). The van der Waals surface area contributed by atoms with Crippen LogP contribution in [0.5, 0.6) is 11.5 Å². The van der Waals surface area contributed by atoms with Gasteiger partial charge >= 0.3 is 0 Å². The highest BCUT2D eigenvalue weighted by Crippen LogP contribution is 2.36. The van der Waals surface area contributed by atoms with Crippen LogP contribution in [0.15, 0.2) is 63.5 Å². The molecule has 0 saturated carbocycles. The van der Waals surface area contributed by atoms with Crippen LogP contribution >= 0.6 is 11.3 Å². The van der Waals surface area contributed by atoms with Gasteiger partial charge in [-0.05, 0) is 58.9 Å². The number of ether oxygens (including phenoxy) is 1. The summed E-state index contributed by atoms with van der Waals surface area (Å²) >= 11 is 1.24. The molecule has 0 fully saturated rings. The number of phenolic OH excluding ortho intramolecular Hbond substituents is 1. The van der Waals surface area contributed by atoms with E-state index in [0.717, 1.165) is 18.8 Å². The number of methoxy groups -OCH3 is 1. The van der Waals surface area contributed by atoms with Gasteiger partial charge in [-0.1, -0.05) is 29.5 Å². The topological polar surface area (TPSA) is 87.4 Å². The van der Waals surface area contributed by atoms with Gasteiger partial charge in [-0.3, -0.25) is 14.2 Å². The number of hydrogen-bond donors (Lipinski definition) is 1. The Kier molecular flexibility index (Phi) is 8.60. The maximum Gasteiger partial charge on any atom is 0.271 e. The van der Waals surface area contributed by atoms with Gasteiger partial charge in [0.2, 0.25) is 0 Å². The van der Waals surface area contributed by atoms with Crippen LogP contribution in [0.1, 0.15) is 51.8 Å². The SMILES string of the molecule is CCN(CC)C(=O)C1=C(C)N=c2s/c(=C/c3ccc(N(CC)CC)cc3O)c(=O)n2[C@@H]1c1ccccc1OC. The summed E-state index contributed by atoms with van der Waals surface area (Å²) in [6, 6.07) is 12.2. The van der Waals surface area contributed by atoms with E-state index in [0.29, 0.717) is 50.6 Å². The normalized spacial score (nSPS) is 15.1. The first kappa shape index (κ1) is 28.2. The van der Waals surface area contributed by atoms with E-state index in [1.165, 1.54) is 11.3 Å². The van der Waals surface area contributed by atoms with Crippen LogP contribution in [0.3, 0.4) is 0 Å². The second-order valence-electron chi connectivity index (χ2n) is 9.22. The molecule has 0 spiro atoms. The van der Waals surface area contributed by atoms with Crippen LogP contribution in [0.25, 0.3) is 6.08 Å². The minimum atomic E-state index is -0.703. The van der Waals surface area contributed by atoms with Crippen molar-refractivity contribution >= 4 is 29.0 Å². The molecule has 0 aliphatic carbocycles. The Labute approximate surface area is 232 Å². The first-order valence-electron chi connectivity index (χ1n) is 13.3. The average molecular weight is 549 g/mol. The molecule has 1 amide bonds. The van der Waals surface area contributed by atoms with Gasteiger partial charge in [-0.15, -0.1) is 0 Å². The molecular weight excluding hydrogens is 512 g/mol. The van der Waals surface area contributed by atoms with Crippen LogP contribution in [-0.4, -0.2) is 53.8 Å². The first-order chi connectivity index (χ1) is 18.8. The molecule has 2 aromatic carbocycles. The molecule has 1 atom stereocenters. The van der Waals surface area contributed by atoms with Crippen LogP contribution in [-0.2, 0) is 4.79 Å². The minimum Gasteiger partial charge on any atom is -0.507 e.